The first-order valence-electron chi connectivity index (χ1n) is 8.24. The Labute approximate surface area is 152 Å². The minimum Gasteiger partial charge on any atom is -0.444 e. The molecule has 0 saturated carbocycles. The lowest BCUT2D eigenvalue weighted by Crippen LogP contribution is -2.45. The molecule has 0 bridgehead atoms. The molecule has 0 radical (unpaired) electrons. The Hall–Kier alpha value is -1.34. The smallest absolute Gasteiger partial charge is 0.407 e. The van der Waals surface area contributed by atoms with Gasteiger partial charge >= 0.3 is 6.09 Å². The number of thioether (sulfide) groups is 1. The Kier molecular flexibility index (Phi) is 8.15. The average Bonchev–Trinajstić information content (AvgIpc) is 2.48. The summed E-state index contributed by atoms with van der Waals surface area (Å²) in [4.78, 5) is 11.9. The largest absolute Gasteiger partial charge is 0.444 e. The van der Waals surface area contributed by atoms with E-state index in [1.54, 1.807) is 32.5 Å². The first-order valence-corrected chi connectivity index (χ1v) is 9.39. The van der Waals surface area contributed by atoms with Crippen LogP contribution in [0.3, 0.4) is 0 Å². The Morgan fingerprint density at radius 3 is 2.32 bits per heavy atom. The fourth-order valence-electron chi connectivity index (χ4n) is 2.39. The molecule has 1 aromatic carbocycles. The summed E-state index contributed by atoms with van der Waals surface area (Å²) in [5, 5.41) is 12.6. The molecule has 1 unspecified atom stereocenters. The topological polar surface area (TPSA) is 58.6 Å². The molecule has 0 aliphatic carbocycles. The zero-order valence-electron chi connectivity index (χ0n) is 15.2. The lowest BCUT2D eigenvalue weighted by atomic mass is 9.78. The normalized spacial score (nSPS) is 14.0. The van der Waals surface area contributed by atoms with Crippen LogP contribution in [0.25, 0.3) is 0 Å². The lowest BCUT2D eigenvalue weighted by molar-refractivity contribution is 0.0502. The number of halogens is 2. The third kappa shape index (κ3) is 7.20. The van der Waals surface area contributed by atoms with Crippen molar-refractivity contribution in [1.82, 2.24) is 5.32 Å². The van der Waals surface area contributed by atoms with Crippen molar-refractivity contribution in [1.29, 1.82) is 0 Å². The minimum absolute atomic E-state index is 0.0194. The first-order chi connectivity index (χ1) is 11.6. The van der Waals surface area contributed by atoms with E-state index in [4.69, 9.17) is 4.74 Å². The van der Waals surface area contributed by atoms with Crippen LogP contribution in [-0.2, 0) is 10.2 Å². The molecule has 4 nitrogen and oxygen atoms in total. The number of hydrogen-bond acceptors (Lipinski definition) is 4. The molecule has 1 aromatic rings. The van der Waals surface area contributed by atoms with Gasteiger partial charge in [-0.15, -0.1) is 0 Å². The minimum atomic E-state index is -0.984. The predicted molar refractivity (Wildman–Crippen MR) is 97.0 cm³/mol. The van der Waals surface area contributed by atoms with Gasteiger partial charge in [-0.3, -0.25) is 0 Å². The molecule has 1 amide bonds. The molecule has 0 aromatic heterocycles. The van der Waals surface area contributed by atoms with Crippen molar-refractivity contribution in [3.8, 4) is 0 Å². The zero-order chi connectivity index (χ0) is 19.1. The van der Waals surface area contributed by atoms with Gasteiger partial charge in [-0.2, -0.15) is 11.8 Å². The van der Waals surface area contributed by atoms with Crippen molar-refractivity contribution in [2.45, 2.75) is 45.1 Å². The van der Waals surface area contributed by atoms with E-state index in [0.717, 1.165) is 11.8 Å². The molecule has 0 aliphatic rings. The molecule has 1 atom stereocenters. The van der Waals surface area contributed by atoms with Gasteiger partial charge in [-0.05, 0) is 56.4 Å². The Morgan fingerprint density at radius 1 is 1.24 bits per heavy atom. The molecular weight excluding hydrogens is 348 g/mol. The summed E-state index contributed by atoms with van der Waals surface area (Å²) >= 11 is 1.66. The average molecular weight is 375 g/mol. The summed E-state index contributed by atoms with van der Waals surface area (Å²) in [5.41, 5.74) is -1.32. The van der Waals surface area contributed by atoms with Gasteiger partial charge in [0.1, 0.15) is 17.2 Å². The number of aliphatic hydroxyl groups is 1. The van der Waals surface area contributed by atoms with Gasteiger partial charge in [0.25, 0.3) is 0 Å². The second kappa shape index (κ2) is 9.38. The number of carbonyl (C=O) groups is 1. The maximum absolute atomic E-state index is 13.7. The number of hydrogen-bond donors (Lipinski definition) is 2. The fraction of sp³-hybridized carbons (Fsp3) is 0.611. The third-order valence-electron chi connectivity index (χ3n) is 3.68. The fourth-order valence-corrected chi connectivity index (χ4v) is 3.21. The van der Waals surface area contributed by atoms with Crippen molar-refractivity contribution in [2.24, 2.45) is 0 Å². The summed E-state index contributed by atoms with van der Waals surface area (Å²) in [6.45, 7) is 6.90. The van der Waals surface area contributed by atoms with Gasteiger partial charge < -0.3 is 15.2 Å². The summed E-state index contributed by atoms with van der Waals surface area (Å²) in [6.07, 6.45) is -0.175. The Morgan fingerprint density at radius 2 is 1.84 bits per heavy atom. The van der Waals surface area contributed by atoms with Crippen LogP contribution in [-0.4, -0.2) is 41.5 Å². The van der Waals surface area contributed by atoms with Crippen molar-refractivity contribution in [2.75, 3.05) is 24.7 Å². The SMILES string of the molecule is CCSCCC(CO)(CNC(=O)OC(C)(C)C)c1cc(F)cc(F)c1. The van der Waals surface area contributed by atoms with Crippen LogP contribution < -0.4 is 5.32 Å². The highest BCUT2D eigenvalue weighted by Crippen LogP contribution is 2.30. The molecular formula is C18H27F2NO3S. The number of alkyl carbamates (subject to hydrolysis) is 1. The summed E-state index contributed by atoms with van der Waals surface area (Å²) in [7, 11) is 0. The van der Waals surface area contributed by atoms with Gasteiger partial charge in [0.15, 0.2) is 0 Å². The van der Waals surface area contributed by atoms with E-state index >= 15 is 0 Å². The van der Waals surface area contributed by atoms with E-state index in [2.05, 4.69) is 5.32 Å². The van der Waals surface area contributed by atoms with E-state index in [1.165, 1.54) is 12.1 Å². The number of rotatable bonds is 8. The standard InChI is InChI=1S/C18H27F2NO3S/c1-5-25-7-6-18(12-22,11-21-16(23)24-17(2,3)4)13-8-14(19)10-15(20)9-13/h8-10,22H,5-7,11-12H2,1-4H3,(H,21,23). The van der Waals surface area contributed by atoms with Crippen LogP contribution in [0.4, 0.5) is 13.6 Å². The van der Waals surface area contributed by atoms with Crippen molar-refractivity contribution in [3.63, 3.8) is 0 Å². The number of amides is 1. The number of nitrogens with one attached hydrogen (secondary N) is 1. The highest BCUT2D eigenvalue weighted by atomic mass is 32.2. The molecule has 142 valence electrons. The van der Waals surface area contributed by atoms with Gasteiger partial charge in [0.2, 0.25) is 0 Å². The molecule has 0 aliphatic heterocycles. The van der Waals surface area contributed by atoms with E-state index < -0.39 is 28.7 Å². The van der Waals surface area contributed by atoms with Crippen LogP contribution in [0.15, 0.2) is 18.2 Å². The van der Waals surface area contributed by atoms with Crippen molar-refractivity contribution < 1.29 is 23.4 Å². The molecule has 0 saturated heterocycles. The second-order valence-electron chi connectivity index (χ2n) is 6.90. The monoisotopic (exact) mass is 375 g/mol. The number of carbonyl (C=O) groups excluding carboxylic acids is 1. The first kappa shape index (κ1) is 21.7. The van der Waals surface area contributed by atoms with Crippen LogP contribution >= 0.6 is 11.8 Å². The Balaban J connectivity index is 3.03. The van der Waals surface area contributed by atoms with Crippen LogP contribution in [0.5, 0.6) is 0 Å². The number of benzene rings is 1. The van der Waals surface area contributed by atoms with Crippen LogP contribution in [0.1, 0.15) is 39.7 Å². The van der Waals surface area contributed by atoms with Crippen LogP contribution in [0.2, 0.25) is 0 Å². The van der Waals surface area contributed by atoms with Gasteiger partial charge in [0.05, 0.1) is 6.61 Å². The molecule has 2 N–H and O–H groups in total. The number of ether oxygens (including phenoxy) is 1. The van der Waals surface area contributed by atoms with Crippen molar-refractivity contribution >= 4 is 17.9 Å². The lowest BCUT2D eigenvalue weighted by Gasteiger charge is -2.33. The summed E-state index contributed by atoms with van der Waals surface area (Å²) in [6, 6.07) is 3.19. The Bertz CT molecular complexity index is 558. The van der Waals surface area contributed by atoms with E-state index in [0.29, 0.717) is 17.7 Å². The predicted octanol–water partition coefficient (Wildman–Crippen LogP) is 3.86. The third-order valence-corrected chi connectivity index (χ3v) is 4.58. The van der Waals surface area contributed by atoms with Gasteiger partial charge in [-0.1, -0.05) is 6.92 Å². The highest BCUT2D eigenvalue weighted by Gasteiger charge is 2.33. The van der Waals surface area contributed by atoms with E-state index in [9.17, 15) is 18.7 Å². The molecule has 1 rings (SSSR count). The highest BCUT2D eigenvalue weighted by molar-refractivity contribution is 7.99. The molecule has 0 fully saturated rings. The molecule has 7 heteroatoms. The number of aliphatic hydroxyl groups excluding tert-OH is 1. The van der Waals surface area contributed by atoms with E-state index in [-0.39, 0.29) is 13.2 Å². The molecule has 25 heavy (non-hydrogen) atoms. The van der Waals surface area contributed by atoms with Crippen molar-refractivity contribution in [3.05, 3.63) is 35.4 Å². The maximum Gasteiger partial charge on any atom is 0.407 e. The van der Waals surface area contributed by atoms with E-state index in [1.807, 2.05) is 6.92 Å². The second-order valence-corrected chi connectivity index (χ2v) is 8.29. The summed E-state index contributed by atoms with van der Waals surface area (Å²) in [5.74, 6) is 0.144. The molecule has 0 heterocycles. The quantitative estimate of drug-likeness (QED) is 0.678. The van der Waals surface area contributed by atoms with Gasteiger partial charge in [-0.25, -0.2) is 13.6 Å². The van der Waals surface area contributed by atoms with Crippen LogP contribution in [0, 0.1) is 11.6 Å². The summed E-state index contributed by atoms with van der Waals surface area (Å²) < 4.78 is 32.5. The van der Waals surface area contributed by atoms with Gasteiger partial charge in [0, 0.05) is 18.0 Å². The maximum atomic E-state index is 13.7. The molecule has 0 spiro atoms. The zero-order valence-corrected chi connectivity index (χ0v) is 16.0.